The van der Waals surface area contributed by atoms with Crippen LogP contribution >= 0.6 is 15.9 Å². The zero-order chi connectivity index (χ0) is 7.84. The van der Waals surface area contributed by atoms with E-state index < -0.39 is 0 Å². The van der Waals surface area contributed by atoms with Gasteiger partial charge in [0, 0.05) is 13.1 Å². The number of rotatable bonds is 0. The van der Waals surface area contributed by atoms with Gasteiger partial charge in [0.1, 0.15) is 5.82 Å². The van der Waals surface area contributed by atoms with Crippen molar-refractivity contribution in [3.8, 4) is 0 Å². The first-order valence-electron chi connectivity index (χ1n) is 3.45. The molecule has 0 bridgehead atoms. The molecule has 1 heterocycles. The number of nitrogens with one attached hydrogen (secondary N) is 1. The Hall–Kier alpha value is -0.410. The predicted octanol–water partition coefficient (Wildman–Crippen LogP) is 2.19. The zero-order valence-corrected chi connectivity index (χ0v) is 7.41. The smallest absolute Gasteiger partial charge is 0.137 e. The fraction of sp³-hybridized carbons (Fsp3) is 0.250. The van der Waals surface area contributed by atoms with Gasteiger partial charge in [0.2, 0.25) is 0 Å². The SMILES string of the molecule is Fc1ccc2c(c1Br)CNC2. The average molecular weight is 216 g/mol. The molecule has 1 N–H and O–H groups in total. The second-order valence-electron chi connectivity index (χ2n) is 2.60. The molecule has 58 valence electrons. The van der Waals surface area contributed by atoms with Gasteiger partial charge < -0.3 is 5.32 Å². The van der Waals surface area contributed by atoms with Crippen LogP contribution in [0.1, 0.15) is 11.1 Å². The van der Waals surface area contributed by atoms with E-state index in [1.165, 1.54) is 11.6 Å². The summed E-state index contributed by atoms with van der Waals surface area (Å²) in [5.41, 5.74) is 2.25. The largest absolute Gasteiger partial charge is 0.309 e. The summed E-state index contributed by atoms with van der Waals surface area (Å²) in [6.07, 6.45) is 0. The molecule has 0 aliphatic carbocycles. The van der Waals surface area contributed by atoms with Crippen molar-refractivity contribution in [3.05, 3.63) is 33.5 Å². The Morgan fingerprint density at radius 1 is 1.36 bits per heavy atom. The summed E-state index contributed by atoms with van der Waals surface area (Å²) >= 11 is 3.22. The maximum atomic E-state index is 12.9. The Bertz CT molecular complexity index is 298. The van der Waals surface area contributed by atoms with E-state index >= 15 is 0 Å². The van der Waals surface area contributed by atoms with Crippen molar-refractivity contribution in [2.45, 2.75) is 13.1 Å². The van der Waals surface area contributed by atoms with E-state index in [2.05, 4.69) is 21.2 Å². The van der Waals surface area contributed by atoms with Gasteiger partial charge in [-0.25, -0.2) is 4.39 Å². The van der Waals surface area contributed by atoms with Crippen molar-refractivity contribution in [1.29, 1.82) is 0 Å². The quantitative estimate of drug-likeness (QED) is 0.700. The van der Waals surface area contributed by atoms with Crippen LogP contribution in [0.2, 0.25) is 0 Å². The van der Waals surface area contributed by atoms with Crippen LogP contribution in [-0.2, 0) is 13.1 Å². The van der Waals surface area contributed by atoms with E-state index in [4.69, 9.17) is 0 Å². The Labute approximate surface area is 72.7 Å². The van der Waals surface area contributed by atoms with Gasteiger partial charge in [-0.2, -0.15) is 0 Å². The maximum Gasteiger partial charge on any atom is 0.137 e. The summed E-state index contributed by atoms with van der Waals surface area (Å²) in [6, 6.07) is 3.32. The lowest BCUT2D eigenvalue weighted by atomic mass is 10.1. The molecule has 0 fully saturated rings. The van der Waals surface area contributed by atoms with Crippen LogP contribution in [0.15, 0.2) is 16.6 Å². The molecule has 0 saturated heterocycles. The van der Waals surface area contributed by atoms with Gasteiger partial charge in [-0.1, -0.05) is 6.07 Å². The van der Waals surface area contributed by atoms with Crippen LogP contribution in [0, 0.1) is 5.82 Å². The van der Waals surface area contributed by atoms with E-state index in [9.17, 15) is 4.39 Å². The second-order valence-corrected chi connectivity index (χ2v) is 3.40. The molecule has 0 radical (unpaired) electrons. The van der Waals surface area contributed by atoms with Crippen LogP contribution in [0.3, 0.4) is 0 Å². The Morgan fingerprint density at radius 3 is 3.00 bits per heavy atom. The highest BCUT2D eigenvalue weighted by atomic mass is 79.9. The van der Waals surface area contributed by atoms with Crippen molar-refractivity contribution < 1.29 is 4.39 Å². The van der Waals surface area contributed by atoms with Gasteiger partial charge in [0.15, 0.2) is 0 Å². The van der Waals surface area contributed by atoms with Crippen molar-refractivity contribution in [2.24, 2.45) is 0 Å². The summed E-state index contributed by atoms with van der Waals surface area (Å²) in [6.45, 7) is 1.63. The van der Waals surface area contributed by atoms with Gasteiger partial charge in [-0.15, -0.1) is 0 Å². The molecule has 0 saturated carbocycles. The molecular formula is C8H7BrFN. The first-order valence-corrected chi connectivity index (χ1v) is 4.25. The average Bonchev–Trinajstić information content (AvgIpc) is 2.45. The van der Waals surface area contributed by atoms with Crippen molar-refractivity contribution in [1.82, 2.24) is 5.32 Å². The van der Waals surface area contributed by atoms with Crippen molar-refractivity contribution >= 4 is 15.9 Å². The molecular weight excluding hydrogens is 209 g/mol. The summed E-state index contributed by atoms with van der Waals surface area (Å²) in [7, 11) is 0. The topological polar surface area (TPSA) is 12.0 Å². The standard InChI is InChI=1S/C8H7BrFN/c9-8-6-4-11-3-5(6)1-2-7(8)10/h1-2,11H,3-4H2. The monoisotopic (exact) mass is 215 g/mol. The van der Waals surface area contributed by atoms with Gasteiger partial charge >= 0.3 is 0 Å². The fourth-order valence-electron chi connectivity index (χ4n) is 1.31. The molecule has 0 aromatic heterocycles. The molecule has 0 spiro atoms. The van der Waals surface area contributed by atoms with E-state index in [1.54, 1.807) is 0 Å². The molecule has 1 nitrogen and oxygen atoms in total. The molecule has 0 unspecified atom stereocenters. The minimum atomic E-state index is -0.174. The zero-order valence-electron chi connectivity index (χ0n) is 5.82. The lowest BCUT2D eigenvalue weighted by Crippen LogP contribution is -2.00. The normalized spacial score (nSPS) is 15.1. The Morgan fingerprint density at radius 2 is 2.18 bits per heavy atom. The fourth-order valence-corrected chi connectivity index (χ4v) is 1.84. The first-order chi connectivity index (χ1) is 5.29. The third kappa shape index (κ3) is 1.08. The number of benzene rings is 1. The molecule has 0 amide bonds. The van der Waals surface area contributed by atoms with E-state index in [0.29, 0.717) is 4.47 Å². The van der Waals surface area contributed by atoms with Crippen LogP contribution in [0.5, 0.6) is 0 Å². The van der Waals surface area contributed by atoms with Gasteiger partial charge in [0.05, 0.1) is 4.47 Å². The molecule has 1 aromatic rings. The minimum absolute atomic E-state index is 0.174. The van der Waals surface area contributed by atoms with Gasteiger partial charge in [0.25, 0.3) is 0 Å². The first kappa shape index (κ1) is 7.25. The maximum absolute atomic E-state index is 12.9. The third-order valence-corrected chi connectivity index (χ3v) is 2.77. The van der Waals surface area contributed by atoms with E-state index in [-0.39, 0.29) is 5.82 Å². The number of fused-ring (bicyclic) bond motifs is 1. The third-order valence-electron chi connectivity index (χ3n) is 1.91. The van der Waals surface area contributed by atoms with E-state index in [0.717, 1.165) is 18.7 Å². The molecule has 11 heavy (non-hydrogen) atoms. The highest BCUT2D eigenvalue weighted by Crippen LogP contribution is 2.26. The molecule has 1 aliphatic rings. The van der Waals surface area contributed by atoms with Crippen LogP contribution in [-0.4, -0.2) is 0 Å². The summed E-state index contributed by atoms with van der Waals surface area (Å²) in [5, 5.41) is 3.16. The second kappa shape index (κ2) is 2.57. The Kier molecular flexibility index (Phi) is 1.69. The molecule has 1 aliphatic heterocycles. The highest BCUT2D eigenvalue weighted by molar-refractivity contribution is 9.10. The summed E-state index contributed by atoms with van der Waals surface area (Å²) < 4.78 is 13.5. The summed E-state index contributed by atoms with van der Waals surface area (Å²) in [5.74, 6) is -0.174. The summed E-state index contributed by atoms with van der Waals surface area (Å²) in [4.78, 5) is 0. The van der Waals surface area contributed by atoms with Gasteiger partial charge in [-0.05, 0) is 33.1 Å². The van der Waals surface area contributed by atoms with Crippen LogP contribution < -0.4 is 5.32 Å². The minimum Gasteiger partial charge on any atom is -0.309 e. The van der Waals surface area contributed by atoms with Crippen LogP contribution in [0.25, 0.3) is 0 Å². The molecule has 2 rings (SSSR count). The molecule has 0 atom stereocenters. The number of hydrogen-bond acceptors (Lipinski definition) is 1. The van der Waals surface area contributed by atoms with Gasteiger partial charge in [-0.3, -0.25) is 0 Å². The van der Waals surface area contributed by atoms with E-state index in [1.807, 2.05) is 6.07 Å². The van der Waals surface area contributed by atoms with Crippen molar-refractivity contribution in [2.75, 3.05) is 0 Å². The lowest BCUT2D eigenvalue weighted by molar-refractivity contribution is 0.618. The molecule has 3 heteroatoms. The predicted molar refractivity (Wildman–Crippen MR) is 44.6 cm³/mol. The molecule has 1 aromatic carbocycles. The number of hydrogen-bond donors (Lipinski definition) is 1. The highest BCUT2D eigenvalue weighted by Gasteiger charge is 2.15. The lowest BCUT2D eigenvalue weighted by Gasteiger charge is -2.00. The van der Waals surface area contributed by atoms with Crippen LogP contribution in [0.4, 0.5) is 4.39 Å². The number of halogens is 2. The van der Waals surface area contributed by atoms with Crippen molar-refractivity contribution in [3.63, 3.8) is 0 Å². The Balaban J connectivity index is 2.62.